The number of thiophene rings is 1. The molecule has 0 bridgehead atoms. The number of hydrogen-bond acceptors (Lipinski definition) is 4. The van der Waals surface area contributed by atoms with Crippen molar-refractivity contribution in [3.8, 4) is 11.8 Å². The Hall–Kier alpha value is -1.35. The summed E-state index contributed by atoms with van der Waals surface area (Å²) in [7, 11) is 0. The van der Waals surface area contributed by atoms with Crippen molar-refractivity contribution >= 4 is 17.2 Å². The largest absolute Gasteiger partial charge is 0.396 e. The van der Waals surface area contributed by atoms with Crippen LogP contribution in [0.5, 0.6) is 0 Å². The summed E-state index contributed by atoms with van der Waals surface area (Å²) in [5.74, 6) is 5.55. The zero-order valence-electron chi connectivity index (χ0n) is 12.3. The number of rotatable bonds is 5. The summed E-state index contributed by atoms with van der Waals surface area (Å²) in [6, 6.07) is 2.19. The van der Waals surface area contributed by atoms with Gasteiger partial charge in [-0.25, -0.2) is 0 Å². The van der Waals surface area contributed by atoms with E-state index in [0.717, 1.165) is 23.3 Å². The number of carbonyl (C=O) groups is 1. The SMILES string of the molecule is Cc1cc(C(=O)N(CCCO)C2CCC2)sc1C#CCO. The highest BCUT2D eigenvalue weighted by Crippen LogP contribution is 2.29. The van der Waals surface area contributed by atoms with Gasteiger partial charge in [0.25, 0.3) is 5.91 Å². The lowest BCUT2D eigenvalue weighted by molar-refractivity contribution is 0.0567. The van der Waals surface area contributed by atoms with Gasteiger partial charge in [0.1, 0.15) is 6.61 Å². The first-order valence-corrected chi connectivity index (χ1v) is 8.11. The lowest BCUT2D eigenvalue weighted by Crippen LogP contribution is -2.44. The van der Waals surface area contributed by atoms with Gasteiger partial charge in [0.05, 0.1) is 9.75 Å². The van der Waals surface area contributed by atoms with E-state index in [-0.39, 0.29) is 19.1 Å². The normalized spacial score (nSPS) is 14.2. The Labute approximate surface area is 129 Å². The lowest BCUT2D eigenvalue weighted by atomic mass is 9.91. The Morgan fingerprint density at radius 1 is 1.48 bits per heavy atom. The molecule has 0 aliphatic heterocycles. The van der Waals surface area contributed by atoms with Gasteiger partial charge in [-0.15, -0.1) is 11.3 Å². The summed E-state index contributed by atoms with van der Waals surface area (Å²) in [5, 5.41) is 17.8. The number of carbonyl (C=O) groups excluding carboxylic acids is 1. The number of aliphatic hydroxyl groups excluding tert-OH is 2. The van der Waals surface area contributed by atoms with Crippen LogP contribution < -0.4 is 0 Å². The maximum Gasteiger partial charge on any atom is 0.264 e. The third-order valence-electron chi connectivity index (χ3n) is 3.74. The molecule has 2 rings (SSSR count). The Balaban J connectivity index is 2.15. The smallest absolute Gasteiger partial charge is 0.264 e. The summed E-state index contributed by atoms with van der Waals surface area (Å²) < 4.78 is 0. The molecule has 0 atom stereocenters. The van der Waals surface area contributed by atoms with Crippen LogP contribution in [0.4, 0.5) is 0 Å². The maximum atomic E-state index is 12.7. The maximum absolute atomic E-state index is 12.7. The third-order valence-corrected chi connectivity index (χ3v) is 4.88. The number of aliphatic hydroxyl groups is 2. The van der Waals surface area contributed by atoms with Crippen LogP contribution in [0.3, 0.4) is 0 Å². The van der Waals surface area contributed by atoms with Crippen molar-refractivity contribution in [3.63, 3.8) is 0 Å². The lowest BCUT2D eigenvalue weighted by Gasteiger charge is -2.37. The average molecular weight is 307 g/mol. The van der Waals surface area contributed by atoms with E-state index in [9.17, 15) is 4.79 Å². The summed E-state index contributed by atoms with van der Waals surface area (Å²) in [5.41, 5.74) is 0.972. The molecule has 1 heterocycles. The molecule has 0 spiro atoms. The molecule has 1 aliphatic carbocycles. The quantitative estimate of drug-likeness (QED) is 0.815. The van der Waals surface area contributed by atoms with E-state index in [1.165, 1.54) is 17.8 Å². The summed E-state index contributed by atoms with van der Waals surface area (Å²) in [4.78, 5) is 16.1. The van der Waals surface area contributed by atoms with Crippen molar-refractivity contribution in [1.82, 2.24) is 4.90 Å². The minimum atomic E-state index is -0.175. The molecule has 1 aromatic heterocycles. The molecule has 21 heavy (non-hydrogen) atoms. The van der Waals surface area contributed by atoms with E-state index < -0.39 is 0 Å². The second-order valence-electron chi connectivity index (χ2n) is 5.24. The highest BCUT2D eigenvalue weighted by atomic mass is 32.1. The molecule has 0 unspecified atom stereocenters. The van der Waals surface area contributed by atoms with Gasteiger partial charge in [-0.1, -0.05) is 11.8 Å². The van der Waals surface area contributed by atoms with E-state index in [2.05, 4.69) is 11.8 Å². The number of hydrogen-bond donors (Lipinski definition) is 2. The highest BCUT2D eigenvalue weighted by Gasteiger charge is 2.29. The van der Waals surface area contributed by atoms with Crippen LogP contribution in [0.2, 0.25) is 0 Å². The van der Waals surface area contributed by atoms with E-state index >= 15 is 0 Å². The molecule has 2 N–H and O–H groups in total. The van der Waals surface area contributed by atoms with E-state index in [0.29, 0.717) is 23.9 Å². The van der Waals surface area contributed by atoms with Gasteiger partial charge >= 0.3 is 0 Å². The third kappa shape index (κ3) is 3.85. The highest BCUT2D eigenvalue weighted by molar-refractivity contribution is 7.14. The van der Waals surface area contributed by atoms with E-state index in [4.69, 9.17) is 10.2 Å². The van der Waals surface area contributed by atoms with Crippen LogP contribution in [0.25, 0.3) is 0 Å². The Morgan fingerprint density at radius 3 is 2.81 bits per heavy atom. The van der Waals surface area contributed by atoms with Crippen molar-refractivity contribution in [2.24, 2.45) is 0 Å². The first-order valence-electron chi connectivity index (χ1n) is 7.29. The van der Waals surface area contributed by atoms with Crippen LogP contribution >= 0.6 is 11.3 Å². The van der Waals surface area contributed by atoms with Crippen molar-refractivity contribution in [1.29, 1.82) is 0 Å². The van der Waals surface area contributed by atoms with Gasteiger partial charge in [0, 0.05) is 19.2 Å². The predicted octanol–water partition coefficient (Wildman–Crippen LogP) is 1.78. The first-order chi connectivity index (χ1) is 10.2. The van der Waals surface area contributed by atoms with Crippen LogP contribution in [0.1, 0.15) is 45.8 Å². The number of amides is 1. The van der Waals surface area contributed by atoms with Gasteiger partial charge in [0.15, 0.2) is 0 Å². The molecular formula is C16H21NO3S. The molecule has 4 nitrogen and oxygen atoms in total. The fourth-order valence-electron chi connectivity index (χ4n) is 2.36. The molecule has 0 radical (unpaired) electrons. The number of aryl methyl sites for hydroxylation is 1. The summed E-state index contributed by atoms with van der Waals surface area (Å²) >= 11 is 1.38. The molecule has 5 heteroatoms. The van der Waals surface area contributed by atoms with Crippen molar-refractivity contribution in [2.45, 2.75) is 38.6 Å². The molecule has 0 aromatic carbocycles. The van der Waals surface area contributed by atoms with Crippen LogP contribution in [-0.4, -0.2) is 46.8 Å². The summed E-state index contributed by atoms with van der Waals surface area (Å²) in [6.45, 7) is 2.46. The monoisotopic (exact) mass is 307 g/mol. The van der Waals surface area contributed by atoms with Gasteiger partial charge in [0.2, 0.25) is 0 Å². The minimum Gasteiger partial charge on any atom is -0.396 e. The van der Waals surface area contributed by atoms with Crippen molar-refractivity contribution in [3.05, 3.63) is 21.4 Å². The van der Waals surface area contributed by atoms with Crippen molar-refractivity contribution < 1.29 is 15.0 Å². The molecule has 1 fully saturated rings. The molecule has 1 amide bonds. The Kier molecular flexibility index (Phi) is 5.80. The molecule has 0 saturated heterocycles. The number of nitrogens with zero attached hydrogens (tertiary/aromatic N) is 1. The van der Waals surface area contributed by atoms with Crippen LogP contribution in [0, 0.1) is 18.8 Å². The van der Waals surface area contributed by atoms with Crippen molar-refractivity contribution in [2.75, 3.05) is 19.8 Å². The standard InChI is InChI=1S/C16H21NO3S/c1-12-11-15(21-14(12)7-3-9-18)16(20)17(8-4-10-19)13-5-2-6-13/h11,13,18-19H,2,4-6,8-10H2,1H3. The minimum absolute atomic E-state index is 0.0401. The van der Waals surface area contributed by atoms with Gasteiger partial charge in [-0.3, -0.25) is 4.79 Å². The van der Waals surface area contributed by atoms with Crippen LogP contribution in [-0.2, 0) is 0 Å². The van der Waals surface area contributed by atoms with E-state index in [1.807, 2.05) is 17.9 Å². The zero-order valence-corrected chi connectivity index (χ0v) is 13.1. The molecule has 1 aliphatic rings. The second kappa shape index (κ2) is 7.60. The van der Waals surface area contributed by atoms with E-state index in [1.54, 1.807) is 0 Å². The Bertz CT molecular complexity index is 552. The molecule has 1 saturated carbocycles. The molecule has 1 aromatic rings. The van der Waals surface area contributed by atoms with Crippen LogP contribution in [0.15, 0.2) is 6.07 Å². The first kappa shape index (κ1) is 16.0. The summed E-state index contributed by atoms with van der Waals surface area (Å²) in [6.07, 6.45) is 3.89. The van der Waals surface area contributed by atoms with Gasteiger partial charge < -0.3 is 15.1 Å². The van der Waals surface area contributed by atoms with Gasteiger partial charge in [-0.2, -0.15) is 0 Å². The van der Waals surface area contributed by atoms with Gasteiger partial charge in [-0.05, 0) is 44.2 Å². The second-order valence-corrected chi connectivity index (χ2v) is 6.30. The Morgan fingerprint density at radius 2 is 2.24 bits per heavy atom. The molecule has 114 valence electrons. The zero-order chi connectivity index (χ0) is 15.2. The predicted molar refractivity (Wildman–Crippen MR) is 83.4 cm³/mol. The topological polar surface area (TPSA) is 60.8 Å². The molecular weight excluding hydrogens is 286 g/mol. The fraction of sp³-hybridized carbons (Fsp3) is 0.562. The average Bonchev–Trinajstić information content (AvgIpc) is 2.79. The fourth-order valence-corrected chi connectivity index (χ4v) is 3.37.